The summed E-state index contributed by atoms with van der Waals surface area (Å²) < 4.78 is 5.27. The van der Waals surface area contributed by atoms with Gasteiger partial charge in [-0.05, 0) is 6.42 Å². The molecule has 1 aliphatic heterocycles. The van der Waals surface area contributed by atoms with Gasteiger partial charge < -0.3 is 15.4 Å². The van der Waals surface area contributed by atoms with E-state index in [1.807, 2.05) is 0 Å². The molecule has 0 saturated carbocycles. The number of hydrogen-bond acceptors (Lipinski definition) is 5. The number of aromatic nitrogens is 2. The van der Waals surface area contributed by atoms with E-state index in [1.54, 1.807) is 13.2 Å². The van der Waals surface area contributed by atoms with Crippen molar-refractivity contribution in [1.82, 2.24) is 9.97 Å². The van der Waals surface area contributed by atoms with Crippen LogP contribution in [0, 0.1) is 0 Å². The van der Waals surface area contributed by atoms with Gasteiger partial charge in [-0.2, -0.15) is 4.98 Å². The SMILES string of the molecule is COC1CCN(c2cc(Cl)nc(N)n2)C1. The van der Waals surface area contributed by atoms with Crippen molar-refractivity contribution in [2.24, 2.45) is 0 Å². The first-order valence-corrected chi connectivity index (χ1v) is 5.14. The Morgan fingerprint density at radius 3 is 3.00 bits per heavy atom. The lowest BCUT2D eigenvalue weighted by Crippen LogP contribution is -2.23. The minimum absolute atomic E-state index is 0.207. The van der Waals surface area contributed by atoms with Gasteiger partial charge in [0.2, 0.25) is 5.95 Å². The monoisotopic (exact) mass is 228 g/mol. The number of halogens is 1. The van der Waals surface area contributed by atoms with Gasteiger partial charge in [-0.25, -0.2) is 4.98 Å². The van der Waals surface area contributed by atoms with E-state index in [4.69, 9.17) is 22.1 Å². The van der Waals surface area contributed by atoms with E-state index in [0.717, 1.165) is 25.3 Å². The Bertz CT molecular complexity index is 340. The van der Waals surface area contributed by atoms with Crippen molar-refractivity contribution in [3.05, 3.63) is 11.2 Å². The largest absolute Gasteiger partial charge is 0.380 e. The molecule has 1 saturated heterocycles. The maximum Gasteiger partial charge on any atom is 0.223 e. The predicted octanol–water partition coefficient (Wildman–Crippen LogP) is 0.937. The Balaban J connectivity index is 2.16. The highest BCUT2D eigenvalue weighted by atomic mass is 35.5. The van der Waals surface area contributed by atoms with Crippen LogP contribution in [0.4, 0.5) is 11.8 Å². The summed E-state index contributed by atoms with van der Waals surface area (Å²) >= 11 is 5.81. The van der Waals surface area contributed by atoms with Crippen molar-refractivity contribution in [1.29, 1.82) is 0 Å². The predicted molar refractivity (Wildman–Crippen MR) is 59.1 cm³/mol. The molecular weight excluding hydrogens is 216 g/mol. The Hall–Kier alpha value is -1.07. The molecule has 1 aliphatic rings. The zero-order chi connectivity index (χ0) is 10.8. The fourth-order valence-corrected chi connectivity index (χ4v) is 1.90. The summed E-state index contributed by atoms with van der Waals surface area (Å²) in [7, 11) is 1.72. The Morgan fingerprint density at radius 2 is 2.40 bits per heavy atom. The first-order chi connectivity index (χ1) is 7.19. The number of hydrogen-bond donors (Lipinski definition) is 1. The first kappa shape index (κ1) is 10.4. The van der Waals surface area contributed by atoms with Gasteiger partial charge in [0.05, 0.1) is 6.10 Å². The molecule has 1 unspecified atom stereocenters. The molecule has 5 nitrogen and oxygen atoms in total. The smallest absolute Gasteiger partial charge is 0.223 e. The molecule has 0 spiro atoms. The Kier molecular flexibility index (Phi) is 2.93. The van der Waals surface area contributed by atoms with Crippen molar-refractivity contribution >= 4 is 23.4 Å². The summed E-state index contributed by atoms with van der Waals surface area (Å²) in [6.45, 7) is 1.73. The second-order valence-electron chi connectivity index (χ2n) is 3.50. The molecular formula is C9H13ClN4O. The van der Waals surface area contributed by atoms with Crippen molar-refractivity contribution in [2.75, 3.05) is 30.8 Å². The zero-order valence-corrected chi connectivity index (χ0v) is 9.24. The molecule has 0 bridgehead atoms. The highest BCUT2D eigenvalue weighted by molar-refractivity contribution is 6.29. The Morgan fingerprint density at radius 1 is 1.60 bits per heavy atom. The van der Waals surface area contributed by atoms with Crippen LogP contribution in [0.5, 0.6) is 0 Å². The third-order valence-electron chi connectivity index (χ3n) is 2.50. The van der Waals surface area contributed by atoms with Gasteiger partial charge in [0.25, 0.3) is 0 Å². The molecule has 1 atom stereocenters. The van der Waals surface area contributed by atoms with Crippen LogP contribution in [0.2, 0.25) is 5.15 Å². The maximum absolute atomic E-state index is 5.81. The van der Waals surface area contributed by atoms with Crippen LogP contribution in [0.1, 0.15) is 6.42 Å². The molecule has 0 radical (unpaired) electrons. The quantitative estimate of drug-likeness (QED) is 0.764. The molecule has 2 rings (SSSR count). The second-order valence-corrected chi connectivity index (χ2v) is 3.89. The molecule has 2 heterocycles. The van der Waals surface area contributed by atoms with Gasteiger partial charge in [0.15, 0.2) is 0 Å². The third-order valence-corrected chi connectivity index (χ3v) is 2.69. The molecule has 0 aliphatic carbocycles. The third kappa shape index (κ3) is 2.30. The van der Waals surface area contributed by atoms with Gasteiger partial charge in [0.1, 0.15) is 11.0 Å². The summed E-state index contributed by atoms with van der Waals surface area (Å²) in [5, 5.41) is 0.373. The number of methoxy groups -OCH3 is 1. The van der Waals surface area contributed by atoms with E-state index in [2.05, 4.69) is 14.9 Å². The zero-order valence-electron chi connectivity index (χ0n) is 8.48. The van der Waals surface area contributed by atoms with E-state index in [0.29, 0.717) is 5.15 Å². The van der Waals surface area contributed by atoms with Gasteiger partial charge in [-0.15, -0.1) is 0 Å². The summed E-state index contributed by atoms with van der Waals surface area (Å²) in [5.41, 5.74) is 5.53. The minimum atomic E-state index is 0.207. The van der Waals surface area contributed by atoms with E-state index in [-0.39, 0.29) is 12.1 Å². The van der Waals surface area contributed by atoms with Crippen molar-refractivity contribution in [2.45, 2.75) is 12.5 Å². The highest BCUT2D eigenvalue weighted by Gasteiger charge is 2.23. The van der Waals surface area contributed by atoms with Crippen molar-refractivity contribution < 1.29 is 4.74 Å². The molecule has 6 heteroatoms. The lowest BCUT2D eigenvalue weighted by molar-refractivity contribution is 0.121. The van der Waals surface area contributed by atoms with Crippen LogP contribution >= 0.6 is 11.6 Å². The van der Waals surface area contributed by atoms with Gasteiger partial charge >= 0.3 is 0 Å². The van der Waals surface area contributed by atoms with E-state index in [9.17, 15) is 0 Å². The van der Waals surface area contributed by atoms with Crippen molar-refractivity contribution in [3.8, 4) is 0 Å². The number of nitrogen functional groups attached to an aromatic ring is 1. The second kappa shape index (κ2) is 4.20. The fourth-order valence-electron chi connectivity index (χ4n) is 1.71. The first-order valence-electron chi connectivity index (χ1n) is 4.77. The topological polar surface area (TPSA) is 64.3 Å². The Labute approximate surface area is 93.2 Å². The average Bonchev–Trinajstić information content (AvgIpc) is 2.64. The maximum atomic E-state index is 5.81. The number of nitrogens with two attached hydrogens (primary N) is 1. The molecule has 0 amide bonds. The molecule has 82 valence electrons. The van der Waals surface area contributed by atoms with Gasteiger partial charge in [-0.3, -0.25) is 0 Å². The van der Waals surface area contributed by atoms with E-state index >= 15 is 0 Å². The lowest BCUT2D eigenvalue weighted by atomic mass is 10.3. The van der Waals surface area contributed by atoms with Gasteiger partial charge in [0, 0.05) is 26.3 Å². The van der Waals surface area contributed by atoms with Crippen LogP contribution in [0.25, 0.3) is 0 Å². The average molecular weight is 229 g/mol. The van der Waals surface area contributed by atoms with Crippen LogP contribution in [0.15, 0.2) is 6.07 Å². The van der Waals surface area contributed by atoms with Crippen molar-refractivity contribution in [3.63, 3.8) is 0 Å². The van der Waals surface area contributed by atoms with Crippen LogP contribution in [0.3, 0.4) is 0 Å². The molecule has 0 aromatic carbocycles. The minimum Gasteiger partial charge on any atom is -0.380 e. The highest BCUT2D eigenvalue weighted by Crippen LogP contribution is 2.22. The van der Waals surface area contributed by atoms with Crippen LogP contribution in [-0.4, -0.2) is 36.3 Å². The number of anilines is 2. The number of rotatable bonds is 2. The van der Waals surface area contributed by atoms with Gasteiger partial charge in [-0.1, -0.05) is 11.6 Å². The summed E-state index contributed by atoms with van der Waals surface area (Å²) in [5.74, 6) is 0.977. The fraction of sp³-hybridized carbons (Fsp3) is 0.556. The number of nitrogens with zero attached hydrogens (tertiary/aromatic N) is 3. The standard InChI is InChI=1S/C9H13ClN4O/c1-15-6-2-3-14(5-6)8-4-7(10)12-9(11)13-8/h4,6H,2-3,5H2,1H3,(H2,11,12,13). The number of ether oxygens (including phenoxy) is 1. The summed E-state index contributed by atoms with van der Waals surface area (Å²) in [4.78, 5) is 10.1. The van der Waals surface area contributed by atoms with E-state index in [1.165, 1.54) is 0 Å². The van der Waals surface area contributed by atoms with Crippen LogP contribution in [-0.2, 0) is 4.74 Å². The lowest BCUT2D eigenvalue weighted by Gasteiger charge is -2.17. The molecule has 1 aromatic rings. The normalized spacial score (nSPS) is 20.9. The van der Waals surface area contributed by atoms with E-state index < -0.39 is 0 Å². The summed E-state index contributed by atoms with van der Waals surface area (Å²) in [6, 6.07) is 1.72. The summed E-state index contributed by atoms with van der Waals surface area (Å²) in [6.07, 6.45) is 1.26. The molecule has 2 N–H and O–H groups in total. The molecule has 15 heavy (non-hydrogen) atoms. The van der Waals surface area contributed by atoms with Crippen LogP contribution < -0.4 is 10.6 Å². The molecule has 1 aromatic heterocycles. The molecule has 1 fully saturated rings.